The summed E-state index contributed by atoms with van der Waals surface area (Å²) in [4.78, 5) is 15.7. The molecule has 0 amide bonds. The van der Waals surface area contributed by atoms with Crippen molar-refractivity contribution in [1.82, 2.24) is 29.7 Å². The summed E-state index contributed by atoms with van der Waals surface area (Å²) >= 11 is 0. The molecule has 0 spiro atoms. The van der Waals surface area contributed by atoms with Crippen LogP contribution in [0, 0.1) is 0 Å². The van der Waals surface area contributed by atoms with Crippen LogP contribution in [0.4, 0.5) is 13.2 Å². The summed E-state index contributed by atoms with van der Waals surface area (Å²) < 4.78 is 45.1. The van der Waals surface area contributed by atoms with E-state index in [0.717, 1.165) is 7.11 Å². The number of rotatable bonds is 4. The van der Waals surface area contributed by atoms with Crippen molar-refractivity contribution in [2.45, 2.75) is 12.3 Å². The number of hydrogen-bond donors (Lipinski definition) is 1. The van der Waals surface area contributed by atoms with Crippen LogP contribution in [-0.2, 0) is 4.74 Å². The van der Waals surface area contributed by atoms with E-state index in [2.05, 4.69) is 29.8 Å². The Morgan fingerprint density at radius 1 is 1.15 bits per heavy atom. The summed E-state index contributed by atoms with van der Waals surface area (Å²) in [6.45, 7) is 0. The molecule has 0 aliphatic carbocycles. The SMILES string of the molecule is COC(c1cccc(-n2cc(-c3nc4cccnc4[nH]3)cn2)n1)C(F)(F)F. The zero-order valence-electron chi connectivity index (χ0n) is 14.0. The molecule has 4 heterocycles. The number of nitrogens with one attached hydrogen (secondary N) is 1. The van der Waals surface area contributed by atoms with E-state index in [1.807, 2.05) is 6.07 Å². The van der Waals surface area contributed by atoms with Crippen molar-refractivity contribution in [3.8, 4) is 17.2 Å². The maximum absolute atomic E-state index is 13.1. The lowest BCUT2D eigenvalue weighted by Gasteiger charge is -2.18. The number of methoxy groups -OCH3 is 1. The molecule has 0 bridgehead atoms. The second-order valence-corrected chi connectivity index (χ2v) is 5.71. The second-order valence-electron chi connectivity index (χ2n) is 5.71. The van der Waals surface area contributed by atoms with Gasteiger partial charge in [0.05, 0.1) is 17.5 Å². The highest BCUT2D eigenvalue weighted by Crippen LogP contribution is 2.34. The summed E-state index contributed by atoms with van der Waals surface area (Å²) in [5.74, 6) is 0.787. The first-order valence-electron chi connectivity index (χ1n) is 7.88. The highest BCUT2D eigenvalue weighted by molar-refractivity contribution is 5.75. The van der Waals surface area contributed by atoms with E-state index in [9.17, 15) is 13.2 Å². The van der Waals surface area contributed by atoms with Gasteiger partial charge in [-0.15, -0.1) is 0 Å². The van der Waals surface area contributed by atoms with Crippen LogP contribution in [-0.4, -0.2) is 43.0 Å². The van der Waals surface area contributed by atoms with Gasteiger partial charge in [-0.25, -0.2) is 19.6 Å². The third-order valence-corrected chi connectivity index (χ3v) is 3.90. The fraction of sp³-hybridized carbons (Fsp3) is 0.176. The maximum Gasteiger partial charge on any atom is 0.420 e. The highest BCUT2D eigenvalue weighted by Gasteiger charge is 2.42. The van der Waals surface area contributed by atoms with Crippen LogP contribution >= 0.6 is 0 Å². The third-order valence-electron chi connectivity index (χ3n) is 3.90. The van der Waals surface area contributed by atoms with Crippen molar-refractivity contribution in [3.05, 3.63) is 54.6 Å². The molecule has 4 rings (SSSR count). The first-order valence-corrected chi connectivity index (χ1v) is 7.88. The fourth-order valence-electron chi connectivity index (χ4n) is 2.69. The third kappa shape index (κ3) is 3.26. The molecule has 4 aromatic heterocycles. The number of pyridine rings is 2. The molecule has 10 heteroatoms. The number of ether oxygens (including phenoxy) is 1. The van der Waals surface area contributed by atoms with Gasteiger partial charge in [0.15, 0.2) is 17.6 Å². The number of fused-ring (bicyclic) bond motifs is 1. The van der Waals surface area contributed by atoms with Gasteiger partial charge < -0.3 is 9.72 Å². The highest BCUT2D eigenvalue weighted by atomic mass is 19.4. The molecule has 27 heavy (non-hydrogen) atoms. The second kappa shape index (κ2) is 6.47. The number of H-pyrrole nitrogens is 1. The van der Waals surface area contributed by atoms with Gasteiger partial charge in [0.1, 0.15) is 11.3 Å². The van der Waals surface area contributed by atoms with E-state index >= 15 is 0 Å². The minimum atomic E-state index is -4.56. The summed E-state index contributed by atoms with van der Waals surface area (Å²) in [5, 5.41) is 4.17. The Morgan fingerprint density at radius 2 is 2.00 bits per heavy atom. The Balaban J connectivity index is 1.68. The molecule has 0 aliphatic rings. The number of nitrogens with zero attached hydrogens (tertiary/aromatic N) is 5. The lowest BCUT2D eigenvalue weighted by molar-refractivity contribution is -0.217. The van der Waals surface area contributed by atoms with Crippen molar-refractivity contribution < 1.29 is 17.9 Å². The molecule has 0 saturated carbocycles. The molecule has 1 unspecified atom stereocenters. The molecule has 0 fully saturated rings. The summed E-state index contributed by atoms with van der Waals surface area (Å²) in [6.07, 6.45) is -1.84. The van der Waals surface area contributed by atoms with E-state index in [1.54, 1.807) is 30.7 Å². The topological polar surface area (TPSA) is 81.5 Å². The van der Waals surface area contributed by atoms with Gasteiger partial charge in [0, 0.05) is 19.5 Å². The van der Waals surface area contributed by atoms with E-state index in [0.29, 0.717) is 22.6 Å². The van der Waals surface area contributed by atoms with Gasteiger partial charge in [-0.1, -0.05) is 6.07 Å². The van der Waals surface area contributed by atoms with Gasteiger partial charge in [-0.05, 0) is 24.3 Å². The lowest BCUT2D eigenvalue weighted by atomic mass is 10.2. The average molecular weight is 374 g/mol. The standard InChI is InChI=1S/C17H13F3N6O/c1-27-14(17(18,19)20)11-4-2-6-13(23-11)26-9-10(8-22-26)15-24-12-5-3-7-21-16(12)25-15/h2-9,14H,1H3,(H,21,24,25). The Hall–Kier alpha value is -3.27. The van der Waals surface area contributed by atoms with Crippen molar-refractivity contribution in [3.63, 3.8) is 0 Å². The van der Waals surface area contributed by atoms with Crippen LogP contribution in [0.3, 0.4) is 0 Å². The van der Waals surface area contributed by atoms with Crippen LogP contribution in [0.25, 0.3) is 28.4 Å². The molecule has 0 aliphatic heterocycles. The van der Waals surface area contributed by atoms with E-state index in [1.165, 1.54) is 16.8 Å². The predicted octanol–water partition coefficient (Wildman–Crippen LogP) is 3.46. The molecule has 138 valence electrons. The molecule has 7 nitrogen and oxygen atoms in total. The number of hydrogen-bond acceptors (Lipinski definition) is 5. The Bertz CT molecular complexity index is 1050. The summed E-state index contributed by atoms with van der Waals surface area (Å²) in [7, 11) is 0.994. The average Bonchev–Trinajstić information content (AvgIpc) is 3.28. The van der Waals surface area contributed by atoms with Crippen LogP contribution in [0.5, 0.6) is 0 Å². The Morgan fingerprint density at radius 3 is 2.74 bits per heavy atom. The van der Waals surface area contributed by atoms with Gasteiger partial charge in [0.25, 0.3) is 0 Å². The van der Waals surface area contributed by atoms with E-state index in [4.69, 9.17) is 0 Å². The monoisotopic (exact) mass is 374 g/mol. The number of aromatic amines is 1. The fourth-order valence-corrected chi connectivity index (χ4v) is 2.69. The lowest BCUT2D eigenvalue weighted by Crippen LogP contribution is -2.23. The van der Waals surface area contributed by atoms with Crippen LogP contribution in [0.15, 0.2) is 48.9 Å². The normalized spacial score (nSPS) is 13.2. The number of aromatic nitrogens is 6. The van der Waals surface area contributed by atoms with Crippen LogP contribution < -0.4 is 0 Å². The van der Waals surface area contributed by atoms with Crippen LogP contribution in [0.1, 0.15) is 11.8 Å². The Labute approximate surface area is 150 Å². The largest absolute Gasteiger partial charge is 0.420 e. The van der Waals surface area contributed by atoms with Gasteiger partial charge in [-0.3, -0.25) is 0 Å². The van der Waals surface area contributed by atoms with Crippen LogP contribution in [0.2, 0.25) is 0 Å². The quantitative estimate of drug-likeness (QED) is 0.592. The molecule has 1 atom stereocenters. The zero-order valence-corrected chi connectivity index (χ0v) is 14.0. The van der Waals surface area contributed by atoms with Crippen molar-refractivity contribution in [2.24, 2.45) is 0 Å². The first kappa shape index (κ1) is 17.2. The number of halogens is 3. The molecule has 0 radical (unpaired) electrons. The zero-order chi connectivity index (χ0) is 19.0. The van der Waals surface area contributed by atoms with Crippen molar-refractivity contribution >= 4 is 11.2 Å². The van der Waals surface area contributed by atoms with Crippen molar-refractivity contribution in [1.29, 1.82) is 0 Å². The summed E-state index contributed by atoms with van der Waals surface area (Å²) in [6, 6.07) is 7.89. The van der Waals surface area contributed by atoms with Gasteiger partial charge in [0.2, 0.25) is 0 Å². The molecular formula is C17H13F3N6O. The smallest absolute Gasteiger partial charge is 0.366 e. The molecular weight excluding hydrogens is 361 g/mol. The molecule has 0 aromatic carbocycles. The minimum absolute atomic E-state index is 0.235. The predicted molar refractivity (Wildman–Crippen MR) is 90.0 cm³/mol. The van der Waals surface area contributed by atoms with Gasteiger partial charge >= 0.3 is 6.18 Å². The van der Waals surface area contributed by atoms with E-state index < -0.39 is 12.3 Å². The number of alkyl halides is 3. The molecule has 1 N–H and O–H groups in total. The minimum Gasteiger partial charge on any atom is -0.366 e. The summed E-state index contributed by atoms with van der Waals surface area (Å²) in [5.41, 5.74) is 1.74. The number of imidazole rings is 1. The van der Waals surface area contributed by atoms with Crippen molar-refractivity contribution in [2.75, 3.05) is 7.11 Å². The molecule has 4 aromatic rings. The molecule has 0 saturated heterocycles. The van der Waals surface area contributed by atoms with Gasteiger partial charge in [-0.2, -0.15) is 18.3 Å². The maximum atomic E-state index is 13.1. The first-order chi connectivity index (χ1) is 13.0. The van der Waals surface area contributed by atoms with E-state index in [-0.39, 0.29) is 11.5 Å². The Kier molecular flexibility index (Phi) is 4.11.